The summed E-state index contributed by atoms with van der Waals surface area (Å²) in [5.74, 6) is 5.30. The number of hydrazine groups is 1. The maximum Gasteiger partial charge on any atom is 0.256 e. The van der Waals surface area contributed by atoms with Gasteiger partial charge in [0.15, 0.2) is 0 Å². The van der Waals surface area contributed by atoms with Crippen LogP contribution in [0.1, 0.15) is 36.7 Å². The Bertz CT molecular complexity index is 452. The largest absolute Gasteiger partial charge is 0.389 e. The van der Waals surface area contributed by atoms with Gasteiger partial charge in [-0.15, -0.1) is 0 Å². The number of hydrogen-bond acceptors (Lipinski definition) is 4. The first-order valence-electron chi connectivity index (χ1n) is 6.37. The van der Waals surface area contributed by atoms with Gasteiger partial charge in [-0.25, -0.2) is 0 Å². The highest BCUT2D eigenvalue weighted by atomic mass is 16.3. The Morgan fingerprint density at radius 3 is 2.58 bits per heavy atom. The molecule has 1 aromatic carbocycles. The molecule has 0 heterocycles. The number of benzene rings is 1. The Morgan fingerprint density at radius 1 is 1.47 bits per heavy atom. The van der Waals surface area contributed by atoms with E-state index in [4.69, 9.17) is 5.84 Å². The van der Waals surface area contributed by atoms with Crippen LogP contribution in [-0.2, 0) is 0 Å². The second-order valence-electron chi connectivity index (χ2n) is 5.33. The van der Waals surface area contributed by atoms with Crippen molar-refractivity contribution in [3.8, 4) is 0 Å². The number of nitrogens with two attached hydrogens (primary N) is 1. The van der Waals surface area contributed by atoms with Crippen LogP contribution in [0.4, 0.5) is 5.69 Å². The summed E-state index contributed by atoms with van der Waals surface area (Å²) < 4.78 is 0. The van der Waals surface area contributed by atoms with Gasteiger partial charge in [-0.05, 0) is 39.8 Å². The molecule has 106 valence electrons. The molecule has 0 aliphatic carbocycles. The summed E-state index contributed by atoms with van der Waals surface area (Å²) in [7, 11) is 0. The molecule has 0 saturated heterocycles. The minimum absolute atomic E-state index is 0.138. The number of aliphatic hydroxyl groups is 1. The van der Waals surface area contributed by atoms with Crippen molar-refractivity contribution in [1.29, 1.82) is 0 Å². The third kappa shape index (κ3) is 4.22. The number of nitrogens with one attached hydrogen (secondary N) is 1. The lowest BCUT2D eigenvalue weighted by atomic mass is 10.1. The SMILES string of the molecule is CCN(CC(C)(C)O)C(=O)c1cc(C)ccc1NN. The predicted octanol–water partition coefficient (Wildman–Crippen LogP) is 1.51. The van der Waals surface area contributed by atoms with Gasteiger partial charge in [-0.2, -0.15) is 0 Å². The summed E-state index contributed by atoms with van der Waals surface area (Å²) >= 11 is 0. The van der Waals surface area contributed by atoms with Gasteiger partial charge in [-0.3, -0.25) is 10.6 Å². The van der Waals surface area contributed by atoms with Crippen molar-refractivity contribution in [3.05, 3.63) is 29.3 Å². The fourth-order valence-electron chi connectivity index (χ4n) is 1.93. The topological polar surface area (TPSA) is 78.6 Å². The predicted molar refractivity (Wildman–Crippen MR) is 76.9 cm³/mol. The maximum atomic E-state index is 12.5. The summed E-state index contributed by atoms with van der Waals surface area (Å²) in [6.07, 6.45) is 0. The molecule has 4 N–H and O–H groups in total. The second kappa shape index (κ2) is 6.04. The summed E-state index contributed by atoms with van der Waals surface area (Å²) in [4.78, 5) is 14.1. The Hall–Kier alpha value is -1.59. The summed E-state index contributed by atoms with van der Waals surface area (Å²) in [5, 5.41) is 9.86. The zero-order chi connectivity index (χ0) is 14.6. The molecule has 0 radical (unpaired) electrons. The number of rotatable bonds is 5. The Labute approximate surface area is 114 Å². The van der Waals surface area contributed by atoms with Gasteiger partial charge in [-0.1, -0.05) is 11.6 Å². The van der Waals surface area contributed by atoms with Gasteiger partial charge in [0.1, 0.15) is 0 Å². The highest BCUT2D eigenvalue weighted by molar-refractivity contribution is 5.99. The Kier molecular flexibility index (Phi) is 4.91. The fraction of sp³-hybridized carbons (Fsp3) is 0.500. The molecule has 0 bridgehead atoms. The third-order valence-electron chi connectivity index (χ3n) is 2.81. The van der Waals surface area contributed by atoms with Crippen LogP contribution in [0.2, 0.25) is 0 Å². The first-order valence-corrected chi connectivity index (χ1v) is 6.37. The number of hydrogen-bond donors (Lipinski definition) is 3. The van der Waals surface area contributed by atoms with E-state index in [2.05, 4.69) is 5.43 Å². The van der Waals surface area contributed by atoms with Crippen LogP contribution in [0.25, 0.3) is 0 Å². The first kappa shape index (κ1) is 15.5. The average molecular weight is 265 g/mol. The van der Waals surface area contributed by atoms with Crippen LogP contribution in [0.5, 0.6) is 0 Å². The molecule has 0 fully saturated rings. The molecule has 0 unspecified atom stereocenters. The van der Waals surface area contributed by atoms with E-state index in [1.807, 2.05) is 19.9 Å². The Balaban J connectivity index is 3.06. The van der Waals surface area contributed by atoms with Crippen LogP contribution < -0.4 is 11.3 Å². The Morgan fingerprint density at radius 2 is 2.11 bits per heavy atom. The summed E-state index contributed by atoms with van der Waals surface area (Å²) in [6.45, 7) is 7.97. The number of carbonyl (C=O) groups excluding carboxylic acids is 1. The van der Waals surface area contributed by atoms with Crippen LogP contribution in [0.3, 0.4) is 0 Å². The van der Waals surface area contributed by atoms with E-state index in [0.29, 0.717) is 17.8 Å². The van der Waals surface area contributed by atoms with Crippen molar-refractivity contribution in [1.82, 2.24) is 4.90 Å². The van der Waals surface area contributed by atoms with E-state index < -0.39 is 5.60 Å². The van der Waals surface area contributed by atoms with E-state index in [1.54, 1.807) is 30.9 Å². The molecule has 19 heavy (non-hydrogen) atoms. The highest BCUT2D eigenvalue weighted by Gasteiger charge is 2.23. The average Bonchev–Trinajstić information content (AvgIpc) is 2.34. The minimum Gasteiger partial charge on any atom is -0.389 e. The van der Waals surface area contributed by atoms with Crippen molar-refractivity contribution in [2.75, 3.05) is 18.5 Å². The van der Waals surface area contributed by atoms with E-state index in [-0.39, 0.29) is 12.5 Å². The van der Waals surface area contributed by atoms with Crippen molar-refractivity contribution in [3.63, 3.8) is 0 Å². The lowest BCUT2D eigenvalue weighted by Gasteiger charge is -2.28. The smallest absolute Gasteiger partial charge is 0.256 e. The number of amides is 1. The zero-order valence-corrected chi connectivity index (χ0v) is 12.0. The maximum absolute atomic E-state index is 12.5. The quantitative estimate of drug-likeness (QED) is 0.557. The molecule has 0 aromatic heterocycles. The second-order valence-corrected chi connectivity index (χ2v) is 5.33. The number of nitrogen functional groups attached to an aromatic ring is 1. The lowest BCUT2D eigenvalue weighted by Crippen LogP contribution is -2.42. The van der Waals surface area contributed by atoms with E-state index >= 15 is 0 Å². The van der Waals surface area contributed by atoms with Gasteiger partial charge >= 0.3 is 0 Å². The molecule has 1 rings (SSSR count). The molecule has 1 amide bonds. The number of nitrogens with zero attached hydrogens (tertiary/aromatic N) is 1. The fourth-order valence-corrected chi connectivity index (χ4v) is 1.93. The van der Waals surface area contributed by atoms with Crippen LogP contribution in [0.15, 0.2) is 18.2 Å². The van der Waals surface area contributed by atoms with Crippen LogP contribution in [-0.4, -0.2) is 34.6 Å². The monoisotopic (exact) mass is 265 g/mol. The molecule has 5 nitrogen and oxygen atoms in total. The molecule has 0 spiro atoms. The number of likely N-dealkylation sites (N-methyl/N-ethyl adjacent to an activating group) is 1. The number of aryl methyl sites for hydroxylation is 1. The summed E-state index contributed by atoms with van der Waals surface area (Å²) in [5.41, 5.74) is 3.71. The number of anilines is 1. The molecule has 0 atom stereocenters. The molecular formula is C14H23N3O2. The molecule has 0 aliphatic rings. The molecule has 0 aliphatic heterocycles. The van der Waals surface area contributed by atoms with Gasteiger partial charge in [0.2, 0.25) is 0 Å². The van der Waals surface area contributed by atoms with Gasteiger partial charge in [0, 0.05) is 13.1 Å². The molecular weight excluding hydrogens is 242 g/mol. The van der Waals surface area contributed by atoms with E-state index in [9.17, 15) is 9.90 Å². The van der Waals surface area contributed by atoms with Crippen molar-refractivity contribution in [2.45, 2.75) is 33.3 Å². The van der Waals surface area contributed by atoms with E-state index in [0.717, 1.165) is 5.56 Å². The lowest BCUT2D eigenvalue weighted by molar-refractivity contribution is 0.0315. The van der Waals surface area contributed by atoms with Crippen molar-refractivity contribution < 1.29 is 9.90 Å². The molecule has 5 heteroatoms. The zero-order valence-electron chi connectivity index (χ0n) is 12.0. The first-order chi connectivity index (χ1) is 8.78. The highest BCUT2D eigenvalue weighted by Crippen LogP contribution is 2.19. The molecule has 1 aromatic rings. The normalized spacial score (nSPS) is 11.3. The van der Waals surface area contributed by atoms with Crippen molar-refractivity contribution >= 4 is 11.6 Å². The minimum atomic E-state index is -0.925. The molecule has 0 saturated carbocycles. The van der Waals surface area contributed by atoms with Crippen molar-refractivity contribution in [2.24, 2.45) is 5.84 Å². The standard InChI is InChI=1S/C14H23N3O2/c1-5-17(9-14(3,4)19)13(18)11-8-10(2)6-7-12(11)16-15/h6-8,16,19H,5,9,15H2,1-4H3. The van der Waals surface area contributed by atoms with E-state index in [1.165, 1.54) is 0 Å². The number of carbonyl (C=O) groups is 1. The van der Waals surface area contributed by atoms with Crippen LogP contribution >= 0.6 is 0 Å². The summed E-state index contributed by atoms with van der Waals surface area (Å²) in [6, 6.07) is 5.46. The van der Waals surface area contributed by atoms with Gasteiger partial charge in [0.25, 0.3) is 5.91 Å². The van der Waals surface area contributed by atoms with Gasteiger partial charge < -0.3 is 15.4 Å². The van der Waals surface area contributed by atoms with Gasteiger partial charge in [0.05, 0.1) is 16.9 Å². The van der Waals surface area contributed by atoms with Crippen LogP contribution in [0, 0.1) is 6.92 Å². The third-order valence-corrected chi connectivity index (χ3v) is 2.81.